The van der Waals surface area contributed by atoms with E-state index in [1.165, 1.54) is 11.0 Å². The Morgan fingerprint density at radius 2 is 1.74 bits per heavy atom. The minimum atomic E-state index is -1.09. The monoisotopic (exact) mass is 421 g/mol. The van der Waals surface area contributed by atoms with Crippen molar-refractivity contribution in [2.45, 2.75) is 18.9 Å². The number of fused-ring (bicyclic) bond motifs is 1. The molecule has 0 saturated carbocycles. The third-order valence-corrected chi connectivity index (χ3v) is 5.91. The minimum Gasteiger partial charge on any atom is -0.478 e. The molecule has 2 aliphatic rings. The van der Waals surface area contributed by atoms with E-state index in [-0.39, 0.29) is 30.6 Å². The number of carboxylic acids is 1. The van der Waals surface area contributed by atoms with Gasteiger partial charge in [0.05, 0.1) is 17.2 Å². The van der Waals surface area contributed by atoms with E-state index in [0.29, 0.717) is 29.9 Å². The summed E-state index contributed by atoms with van der Waals surface area (Å²) < 4.78 is 0. The molecule has 2 heterocycles. The van der Waals surface area contributed by atoms with Crippen LogP contribution >= 0.6 is 0 Å². The fraction of sp³-hybridized carbons (Fsp3) is 0.304. The molecule has 2 amide bonds. The Hall–Kier alpha value is -3.68. The van der Waals surface area contributed by atoms with Crippen LogP contribution in [0.5, 0.6) is 0 Å². The van der Waals surface area contributed by atoms with E-state index in [1.54, 1.807) is 41.3 Å². The smallest absolute Gasteiger partial charge is 0.337 e. The van der Waals surface area contributed by atoms with E-state index in [4.69, 9.17) is 0 Å². The summed E-state index contributed by atoms with van der Waals surface area (Å²) in [7, 11) is 0. The Bertz CT molecular complexity index is 1050. The molecule has 0 aliphatic carbocycles. The fourth-order valence-corrected chi connectivity index (χ4v) is 4.28. The number of carboxylic acid groups (broad SMARTS) is 1. The first-order valence-electron chi connectivity index (χ1n) is 10.2. The molecular formula is C23H23N3O5. The lowest BCUT2D eigenvalue weighted by Crippen LogP contribution is -2.57. The summed E-state index contributed by atoms with van der Waals surface area (Å²) >= 11 is 0. The van der Waals surface area contributed by atoms with Crippen LogP contribution in [0, 0.1) is 0 Å². The Kier molecular flexibility index (Phi) is 5.46. The van der Waals surface area contributed by atoms with Crippen molar-refractivity contribution < 1.29 is 24.3 Å². The number of benzene rings is 2. The van der Waals surface area contributed by atoms with E-state index in [0.717, 1.165) is 0 Å². The van der Waals surface area contributed by atoms with Gasteiger partial charge in [0.25, 0.3) is 11.8 Å². The molecule has 0 bridgehead atoms. The van der Waals surface area contributed by atoms with Crippen LogP contribution < -0.4 is 5.32 Å². The summed E-state index contributed by atoms with van der Waals surface area (Å²) in [6, 6.07) is 13.4. The summed E-state index contributed by atoms with van der Waals surface area (Å²) in [6.07, 6.45) is 0. The van der Waals surface area contributed by atoms with Crippen molar-refractivity contribution in [3.8, 4) is 0 Å². The number of ketones is 1. The van der Waals surface area contributed by atoms with Crippen LogP contribution in [0.2, 0.25) is 0 Å². The van der Waals surface area contributed by atoms with E-state index < -0.39 is 23.6 Å². The lowest BCUT2D eigenvalue weighted by Gasteiger charge is -2.39. The van der Waals surface area contributed by atoms with Crippen molar-refractivity contribution in [2.24, 2.45) is 0 Å². The zero-order valence-corrected chi connectivity index (χ0v) is 17.1. The Morgan fingerprint density at radius 3 is 2.42 bits per heavy atom. The fourth-order valence-electron chi connectivity index (χ4n) is 4.28. The number of Topliss-reactive ketones (excluding diaryl/α,β-unsaturated/α-hetero) is 1. The SMILES string of the molecule is C[C@@H]1CN(C(=O)c2ccccc2)CCN1C(=O)C(=O)C1CNc2c(C(=O)O)cccc21. The second-order valence-corrected chi connectivity index (χ2v) is 7.84. The molecule has 1 fully saturated rings. The molecule has 2 atom stereocenters. The van der Waals surface area contributed by atoms with Gasteiger partial charge in [-0.2, -0.15) is 0 Å². The lowest BCUT2D eigenvalue weighted by molar-refractivity contribution is -0.148. The number of para-hydroxylation sites is 1. The highest BCUT2D eigenvalue weighted by Gasteiger charge is 2.39. The molecule has 2 aliphatic heterocycles. The maximum atomic E-state index is 13.0. The van der Waals surface area contributed by atoms with E-state index in [1.807, 2.05) is 13.0 Å². The second kappa shape index (κ2) is 8.22. The maximum Gasteiger partial charge on any atom is 0.337 e. The zero-order chi connectivity index (χ0) is 22.1. The maximum absolute atomic E-state index is 13.0. The van der Waals surface area contributed by atoms with Crippen molar-refractivity contribution in [1.82, 2.24) is 9.80 Å². The van der Waals surface area contributed by atoms with Crippen molar-refractivity contribution in [3.05, 3.63) is 65.2 Å². The van der Waals surface area contributed by atoms with Gasteiger partial charge in [-0.25, -0.2) is 4.79 Å². The van der Waals surface area contributed by atoms with Gasteiger partial charge in [0, 0.05) is 37.8 Å². The quantitative estimate of drug-likeness (QED) is 0.730. The highest BCUT2D eigenvalue weighted by Crippen LogP contribution is 2.35. The number of carbonyl (C=O) groups excluding carboxylic acids is 3. The van der Waals surface area contributed by atoms with E-state index in [9.17, 15) is 24.3 Å². The molecule has 4 rings (SSSR count). The predicted molar refractivity (Wildman–Crippen MR) is 113 cm³/mol. The standard InChI is InChI=1S/C23H23N3O5/c1-14-13-25(21(28)15-6-3-2-4-7-15)10-11-26(14)22(29)20(27)18-12-24-19-16(18)8-5-9-17(19)23(30)31/h2-9,14,18,24H,10-13H2,1H3,(H,30,31)/t14-,18?/m1/s1. The summed E-state index contributed by atoms with van der Waals surface area (Å²) in [5.74, 6) is -3.07. The molecule has 0 spiro atoms. The van der Waals surface area contributed by atoms with E-state index >= 15 is 0 Å². The van der Waals surface area contributed by atoms with Gasteiger partial charge < -0.3 is 20.2 Å². The number of amides is 2. The van der Waals surface area contributed by atoms with Crippen LogP contribution in [-0.2, 0) is 9.59 Å². The van der Waals surface area contributed by atoms with Crippen molar-refractivity contribution in [1.29, 1.82) is 0 Å². The van der Waals surface area contributed by atoms with Gasteiger partial charge in [0.2, 0.25) is 5.78 Å². The molecule has 0 radical (unpaired) electrons. The van der Waals surface area contributed by atoms with Gasteiger partial charge >= 0.3 is 5.97 Å². The topological polar surface area (TPSA) is 107 Å². The molecule has 2 N–H and O–H groups in total. The van der Waals surface area contributed by atoms with Crippen LogP contribution in [-0.4, -0.2) is 70.7 Å². The lowest BCUT2D eigenvalue weighted by atomic mass is 9.94. The average molecular weight is 421 g/mol. The Labute approximate surface area is 179 Å². The number of carbonyl (C=O) groups is 4. The highest BCUT2D eigenvalue weighted by atomic mass is 16.4. The average Bonchev–Trinajstić information content (AvgIpc) is 3.22. The van der Waals surface area contributed by atoms with Crippen molar-refractivity contribution in [2.75, 3.05) is 31.5 Å². The molecule has 8 heteroatoms. The number of anilines is 1. The number of aromatic carboxylic acids is 1. The van der Waals surface area contributed by atoms with Gasteiger partial charge in [0.15, 0.2) is 0 Å². The first-order valence-corrected chi connectivity index (χ1v) is 10.2. The summed E-state index contributed by atoms with van der Waals surface area (Å²) in [6.45, 7) is 2.96. The van der Waals surface area contributed by atoms with Crippen LogP contribution in [0.4, 0.5) is 5.69 Å². The van der Waals surface area contributed by atoms with Gasteiger partial charge in [-0.3, -0.25) is 14.4 Å². The van der Waals surface area contributed by atoms with Crippen LogP contribution in [0.25, 0.3) is 0 Å². The molecular weight excluding hydrogens is 398 g/mol. The Balaban J connectivity index is 1.46. The number of rotatable bonds is 4. The number of hydrogen-bond donors (Lipinski definition) is 2. The first kappa shape index (κ1) is 20.6. The van der Waals surface area contributed by atoms with E-state index in [2.05, 4.69) is 5.32 Å². The molecule has 1 saturated heterocycles. The molecule has 160 valence electrons. The third-order valence-electron chi connectivity index (χ3n) is 5.91. The van der Waals surface area contributed by atoms with Crippen molar-refractivity contribution in [3.63, 3.8) is 0 Å². The predicted octanol–water partition coefficient (Wildman–Crippen LogP) is 1.84. The summed E-state index contributed by atoms with van der Waals surface area (Å²) in [4.78, 5) is 53.3. The minimum absolute atomic E-state index is 0.0849. The summed E-state index contributed by atoms with van der Waals surface area (Å²) in [5.41, 5.74) is 1.60. The van der Waals surface area contributed by atoms with Crippen LogP contribution in [0.3, 0.4) is 0 Å². The highest BCUT2D eigenvalue weighted by molar-refractivity contribution is 6.38. The molecule has 0 aromatic heterocycles. The number of hydrogen-bond acceptors (Lipinski definition) is 5. The van der Waals surface area contributed by atoms with Gasteiger partial charge in [0.1, 0.15) is 0 Å². The Morgan fingerprint density at radius 1 is 1.00 bits per heavy atom. The second-order valence-electron chi connectivity index (χ2n) is 7.84. The van der Waals surface area contributed by atoms with Gasteiger partial charge in [-0.05, 0) is 30.7 Å². The van der Waals surface area contributed by atoms with Crippen LogP contribution in [0.1, 0.15) is 39.1 Å². The number of nitrogens with one attached hydrogen (secondary N) is 1. The molecule has 8 nitrogen and oxygen atoms in total. The van der Waals surface area contributed by atoms with Crippen LogP contribution in [0.15, 0.2) is 48.5 Å². The third kappa shape index (κ3) is 3.76. The van der Waals surface area contributed by atoms with Gasteiger partial charge in [-0.1, -0.05) is 30.3 Å². The number of piperazine rings is 1. The molecule has 1 unspecified atom stereocenters. The van der Waals surface area contributed by atoms with Crippen molar-refractivity contribution >= 4 is 29.3 Å². The summed E-state index contributed by atoms with van der Waals surface area (Å²) in [5, 5.41) is 12.3. The normalized spacial score (nSPS) is 20.0. The number of nitrogens with zero attached hydrogens (tertiary/aromatic N) is 2. The zero-order valence-electron chi connectivity index (χ0n) is 17.1. The largest absolute Gasteiger partial charge is 0.478 e. The molecule has 2 aromatic carbocycles. The molecule has 31 heavy (non-hydrogen) atoms. The first-order chi connectivity index (χ1) is 14.9. The van der Waals surface area contributed by atoms with Gasteiger partial charge in [-0.15, -0.1) is 0 Å². The molecule has 2 aromatic rings.